The van der Waals surface area contributed by atoms with Crippen molar-refractivity contribution in [2.75, 3.05) is 7.11 Å². The topological polar surface area (TPSA) is 46.5 Å². The first-order valence-corrected chi connectivity index (χ1v) is 6.64. The van der Waals surface area contributed by atoms with Crippen molar-refractivity contribution in [2.45, 2.75) is 40.2 Å². The van der Waals surface area contributed by atoms with Crippen LogP contribution < -0.4 is 4.74 Å². The summed E-state index contributed by atoms with van der Waals surface area (Å²) in [6.07, 6.45) is -0.203. The second kappa shape index (κ2) is 6.20. The zero-order valence-electron chi connectivity index (χ0n) is 12.4. The number of rotatable bonds is 6. The number of aliphatic hydroxyl groups excluding tert-OH is 1. The first-order chi connectivity index (χ1) is 8.77. The number of ketones is 1. The molecule has 0 fully saturated rings. The summed E-state index contributed by atoms with van der Waals surface area (Å²) in [5, 5.41) is 10.3. The highest BCUT2D eigenvalue weighted by Crippen LogP contribution is 2.31. The molecule has 0 aliphatic carbocycles. The van der Waals surface area contributed by atoms with Crippen LogP contribution in [0.3, 0.4) is 0 Å². The third kappa shape index (κ3) is 4.06. The molecule has 1 aromatic carbocycles. The Bertz CT molecular complexity index is 435. The van der Waals surface area contributed by atoms with E-state index in [4.69, 9.17) is 4.74 Å². The fraction of sp³-hybridized carbons (Fsp3) is 0.562. The van der Waals surface area contributed by atoms with E-state index < -0.39 is 11.5 Å². The van der Waals surface area contributed by atoms with E-state index in [1.807, 2.05) is 13.8 Å². The van der Waals surface area contributed by atoms with Crippen LogP contribution >= 0.6 is 0 Å². The first-order valence-electron chi connectivity index (χ1n) is 6.64. The maximum atomic E-state index is 12.3. The minimum atomic E-state index is -0.998. The van der Waals surface area contributed by atoms with Crippen LogP contribution in [0.15, 0.2) is 24.3 Å². The third-order valence-corrected chi connectivity index (χ3v) is 3.28. The fourth-order valence-corrected chi connectivity index (χ4v) is 2.45. The van der Waals surface area contributed by atoms with Gasteiger partial charge in [0.25, 0.3) is 0 Å². The maximum absolute atomic E-state index is 12.3. The van der Waals surface area contributed by atoms with Crippen LogP contribution in [-0.4, -0.2) is 24.1 Å². The highest BCUT2D eigenvalue weighted by atomic mass is 16.5. The Morgan fingerprint density at radius 3 is 2.53 bits per heavy atom. The molecule has 0 radical (unpaired) electrons. The summed E-state index contributed by atoms with van der Waals surface area (Å²) in [5.74, 6) is 0.812. The minimum Gasteiger partial charge on any atom is -0.497 e. The van der Waals surface area contributed by atoms with Gasteiger partial charge in [-0.3, -0.25) is 4.79 Å². The van der Waals surface area contributed by atoms with Crippen LogP contribution in [0.5, 0.6) is 5.75 Å². The van der Waals surface area contributed by atoms with Gasteiger partial charge >= 0.3 is 0 Å². The van der Waals surface area contributed by atoms with Crippen molar-refractivity contribution in [3.63, 3.8) is 0 Å². The van der Waals surface area contributed by atoms with Gasteiger partial charge < -0.3 is 9.84 Å². The van der Waals surface area contributed by atoms with Crippen LogP contribution in [0.4, 0.5) is 0 Å². The summed E-state index contributed by atoms with van der Waals surface area (Å²) in [6, 6.07) is 6.91. The Hall–Kier alpha value is -1.35. The molecular formula is C16H24O3. The molecule has 1 atom stereocenters. The van der Waals surface area contributed by atoms with Gasteiger partial charge in [0, 0.05) is 5.56 Å². The molecule has 19 heavy (non-hydrogen) atoms. The molecule has 0 aliphatic heterocycles. The molecule has 1 unspecified atom stereocenters. The second-order valence-corrected chi connectivity index (χ2v) is 6.09. The SMILES string of the molecule is COc1cccc(C(=O)C(O)C(C)(C)CC(C)C)c1. The van der Waals surface area contributed by atoms with Gasteiger partial charge in [0.15, 0.2) is 5.78 Å². The quantitative estimate of drug-likeness (QED) is 0.802. The van der Waals surface area contributed by atoms with Crippen molar-refractivity contribution in [1.82, 2.24) is 0 Å². The summed E-state index contributed by atoms with van der Waals surface area (Å²) in [7, 11) is 1.56. The van der Waals surface area contributed by atoms with Gasteiger partial charge in [-0.1, -0.05) is 39.8 Å². The van der Waals surface area contributed by atoms with E-state index in [0.717, 1.165) is 6.42 Å². The van der Waals surface area contributed by atoms with Gasteiger partial charge in [-0.15, -0.1) is 0 Å². The van der Waals surface area contributed by atoms with Gasteiger partial charge in [-0.05, 0) is 29.9 Å². The lowest BCUT2D eigenvalue weighted by Crippen LogP contribution is -2.37. The highest BCUT2D eigenvalue weighted by Gasteiger charge is 2.34. The van der Waals surface area contributed by atoms with Crippen LogP contribution in [0, 0.1) is 11.3 Å². The average molecular weight is 264 g/mol. The summed E-state index contributed by atoms with van der Waals surface area (Å²) in [5.41, 5.74) is 0.0533. The number of hydrogen-bond acceptors (Lipinski definition) is 3. The predicted octanol–water partition coefficient (Wildman–Crippen LogP) is 3.31. The van der Waals surface area contributed by atoms with Crippen molar-refractivity contribution < 1.29 is 14.6 Å². The molecule has 106 valence electrons. The lowest BCUT2D eigenvalue weighted by molar-refractivity contribution is 0.0306. The van der Waals surface area contributed by atoms with E-state index in [-0.39, 0.29) is 5.78 Å². The molecule has 3 heteroatoms. The number of methoxy groups -OCH3 is 1. The third-order valence-electron chi connectivity index (χ3n) is 3.28. The maximum Gasteiger partial charge on any atom is 0.191 e. The number of benzene rings is 1. The van der Waals surface area contributed by atoms with E-state index in [1.54, 1.807) is 31.4 Å². The van der Waals surface area contributed by atoms with Crippen LogP contribution in [0.1, 0.15) is 44.5 Å². The molecule has 0 aliphatic rings. The Morgan fingerprint density at radius 2 is 2.00 bits per heavy atom. The highest BCUT2D eigenvalue weighted by molar-refractivity contribution is 6.00. The summed E-state index contributed by atoms with van der Waals surface area (Å²) in [4.78, 5) is 12.3. The summed E-state index contributed by atoms with van der Waals surface area (Å²) in [6.45, 7) is 8.03. The Balaban J connectivity index is 2.92. The monoisotopic (exact) mass is 264 g/mol. The molecule has 0 saturated heterocycles. The Kier molecular flexibility index (Phi) is 5.12. The molecule has 0 amide bonds. The predicted molar refractivity (Wildman–Crippen MR) is 76.6 cm³/mol. The molecule has 0 saturated carbocycles. The van der Waals surface area contributed by atoms with E-state index in [0.29, 0.717) is 17.2 Å². The Labute approximate surface area is 115 Å². The van der Waals surface area contributed by atoms with Crippen LogP contribution in [0.25, 0.3) is 0 Å². The standard InChI is InChI=1S/C16H24O3/c1-11(2)10-16(3,4)15(18)14(17)12-7-6-8-13(9-12)19-5/h6-9,11,15,18H,10H2,1-5H3. The van der Waals surface area contributed by atoms with Crippen molar-refractivity contribution in [3.8, 4) is 5.75 Å². The first kappa shape index (κ1) is 15.7. The molecule has 0 spiro atoms. The molecular weight excluding hydrogens is 240 g/mol. The number of carbonyl (C=O) groups excluding carboxylic acids is 1. The number of Topliss-reactive ketones (excluding diaryl/α,β-unsaturated/α-hetero) is 1. The smallest absolute Gasteiger partial charge is 0.191 e. The normalized spacial score (nSPS) is 13.4. The lowest BCUT2D eigenvalue weighted by atomic mass is 9.76. The van der Waals surface area contributed by atoms with Gasteiger partial charge in [0.1, 0.15) is 11.9 Å². The summed E-state index contributed by atoms with van der Waals surface area (Å²) < 4.78 is 5.10. The average Bonchev–Trinajstić information content (AvgIpc) is 2.35. The molecule has 3 nitrogen and oxygen atoms in total. The van der Waals surface area contributed by atoms with Crippen LogP contribution in [-0.2, 0) is 0 Å². The molecule has 1 N–H and O–H groups in total. The molecule has 1 rings (SSSR count). The van der Waals surface area contributed by atoms with E-state index >= 15 is 0 Å². The Morgan fingerprint density at radius 1 is 1.37 bits per heavy atom. The second-order valence-electron chi connectivity index (χ2n) is 6.09. The molecule has 0 heterocycles. The van der Waals surface area contributed by atoms with Crippen molar-refractivity contribution in [2.24, 2.45) is 11.3 Å². The molecule has 1 aromatic rings. The summed E-state index contributed by atoms with van der Waals surface area (Å²) >= 11 is 0. The van der Waals surface area contributed by atoms with Gasteiger partial charge in [-0.2, -0.15) is 0 Å². The fourth-order valence-electron chi connectivity index (χ4n) is 2.45. The zero-order chi connectivity index (χ0) is 14.6. The number of carbonyl (C=O) groups is 1. The number of hydrogen-bond donors (Lipinski definition) is 1. The zero-order valence-corrected chi connectivity index (χ0v) is 12.4. The van der Waals surface area contributed by atoms with Crippen molar-refractivity contribution >= 4 is 5.78 Å². The van der Waals surface area contributed by atoms with E-state index in [9.17, 15) is 9.90 Å². The van der Waals surface area contributed by atoms with Gasteiger partial charge in [-0.25, -0.2) is 0 Å². The van der Waals surface area contributed by atoms with Crippen molar-refractivity contribution in [1.29, 1.82) is 0 Å². The molecule has 0 aromatic heterocycles. The van der Waals surface area contributed by atoms with Crippen LogP contribution in [0.2, 0.25) is 0 Å². The largest absolute Gasteiger partial charge is 0.497 e. The number of aliphatic hydroxyl groups is 1. The minimum absolute atomic E-state index is 0.246. The van der Waals surface area contributed by atoms with Gasteiger partial charge in [0.2, 0.25) is 0 Å². The van der Waals surface area contributed by atoms with E-state index in [2.05, 4.69) is 13.8 Å². The van der Waals surface area contributed by atoms with Crippen molar-refractivity contribution in [3.05, 3.63) is 29.8 Å². The van der Waals surface area contributed by atoms with Gasteiger partial charge in [0.05, 0.1) is 7.11 Å². The lowest BCUT2D eigenvalue weighted by Gasteiger charge is -2.31. The number of ether oxygens (including phenoxy) is 1. The molecule has 0 bridgehead atoms. The van der Waals surface area contributed by atoms with E-state index in [1.165, 1.54) is 0 Å².